The second-order valence-electron chi connectivity index (χ2n) is 3.46. The van der Waals surface area contributed by atoms with Crippen molar-refractivity contribution in [1.82, 2.24) is 4.98 Å². The predicted molar refractivity (Wildman–Crippen MR) is 65.6 cm³/mol. The summed E-state index contributed by atoms with van der Waals surface area (Å²) in [5, 5.41) is 10.0. The molecule has 0 aliphatic carbocycles. The molecule has 0 fully saturated rings. The molecule has 88 valence electrons. The number of hydrogen-bond donors (Lipinski definition) is 1. The van der Waals surface area contributed by atoms with E-state index in [0.29, 0.717) is 26.9 Å². The third kappa shape index (κ3) is 2.75. The van der Waals surface area contributed by atoms with Gasteiger partial charge in [0.15, 0.2) is 0 Å². The molecule has 0 atom stereocenters. The lowest BCUT2D eigenvalue weighted by Gasteiger charge is -2.08. The van der Waals surface area contributed by atoms with Crippen molar-refractivity contribution in [2.75, 3.05) is 0 Å². The van der Waals surface area contributed by atoms with E-state index >= 15 is 0 Å². The minimum absolute atomic E-state index is 0.278. The summed E-state index contributed by atoms with van der Waals surface area (Å²) in [6, 6.07) is 6.16. The van der Waals surface area contributed by atoms with E-state index in [2.05, 4.69) is 4.98 Å². The fourth-order valence-corrected chi connectivity index (χ4v) is 2.08. The minimum Gasteiger partial charge on any atom is -0.390 e. The zero-order chi connectivity index (χ0) is 12.4. The second kappa shape index (κ2) is 5.00. The van der Waals surface area contributed by atoms with Gasteiger partial charge >= 0.3 is 0 Å². The first kappa shape index (κ1) is 12.3. The van der Waals surface area contributed by atoms with Gasteiger partial charge in [-0.05, 0) is 29.8 Å². The van der Waals surface area contributed by atoms with E-state index in [1.54, 1.807) is 18.2 Å². The SMILES string of the molecule is OCc1ncc(F)cc1-c1cc(Cl)cc(Cl)c1. The van der Waals surface area contributed by atoms with Crippen LogP contribution >= 0.6 is 23.2 Å². The van der Waals surface area contributed by atoms with Crippen LogP contribution in [0, 0.1) is 5.82 Å². The summed E-state index contributed by atoms with van der Waals surface area (Å²) < 4.78 is 13.2. The molecule has 0 aliphatic rings. The molecule has 0 saturated carbocycles. The third-order valence-electron chi connectivity index (χ3n) is 2.26. The fraction of sp³-hybridized carbons (Fsp3) is 0.0833. The first-order chi connectivity index (χ1) is 8.10. The molecule has 2 aromatic rings. The Morgan fingerprint density at radius 2 is 1.76 bits per heavy atom. The molecular formula is C12H8Cl2FNO. The van der Waals surface area contributed by atoms with Crippen molar-refractivity contribution in [1.29, 1.82) is 0 Å². The Morgan fingerprint density at radius 3 is 2.35 bits per heavy atom. The molecule has 5 heteroatoms. The van der Waals surface area contributed by atoms with Gasteiger partial charge in [-0.15, -0.1) is 0 Å². The first-order valence-electron chi connectivity index (χ1n) is 4.82. The molecule has 2 rings (SSSR count). The highest BCUT2D eigenvalue weighted by Crippen LogP contribution is 2.29. The average Bonchev–Trinajstić information content (AvgIpc) is 2.27. The molecule has 1 N–H and O–H groups in total. The Hall–Kier alpha value is -1.16. The van der Waals surface area contributed by atoms with Crippen molar-refractivity contribution in [2.24, 2.45) is 0 Å². The number of pyridine rings is 1. The Kier molecular flexibility index (Phi) is 3.62. The molecule has 0 unspecified atom stereocenters. The number of nitrogens with zero attached hydrogens (tertiary/aromatic N) is 1. The molecule has 2 nitrogen and oxygen atoms in total. The van der Waals surface area contributed by atoms with Crippen LogP contribution in [0.4, 0.5) is 4.39 Å². The summed E-state index contributed by atoms with van der Waals surface area (Å²) in [4.78, 5) is 3.82. The number of aliphatic hydroxyl groups excluding tert-OH is 1. The molecule has 0 amide bonds. The number of halogens is 3. The maximum atomic E-state index is 13.2. The molecule has 1 aromatic heterocycles. The van der Waals surface area contributed by atoms with Crippen molar-refractivity contribution < 1.29 is 9.50 Å². The van der Waals surface area contributed by atoms with Gasteiger partial charge in [-0.25, -0.2) is 4.39 Å². The number of aromatic nitrogens is 1. The average molecular weight is 272 g/mol. The van der Waals surface area contributed by atoms with Crippen molar-refractivity contribution in [2.45, 2.75) is 6.61 Å². The van der Waals surface area contributed by atoms with Gasteiger partial charge in [0, 0.05) is 15.6 Å². The quantitative estimate of drug-likeness (QED) is 0.904. The maximum Gasteiger partial charge on any atom is 0.142 e. The van der Waals surface area contributed by atoms with E-state index in [9.17, 15) is 4.39 Å². The maximum absolute atomic E-state index is 13.2. The van der Waals surface area contributed by atoms with Crippen LogP contribution in [-0.4, -0.2) is 10.1 Å². The number of rotatable bonds is 2. The van der Waals surface area contributed by atoms with Crippen LogP contribution < -0.4 is 0 Å². The molecule has 0 saturated heterocycles. The molecule has 0 spiro atoms. The van der Waals surface area contributed by atoms with Gasteiger partial charge in [0.2, 0.25) is 0 Å². The van der Waals surface area contributed by atoms with Crippen molar-refractivity contribution in [3.05, 3.63) is 52.0 Å². The van der Waals surface area contributed by atoms with Gasteiger partial charge < -0.3 is 5.11 Å². The molecule has 17 heavy (non-hydrogen) atoms. The summed E-state index contributed by atoms with van der Waals surface area (Å²) >= 11 is 11.7. The summed E-state index contributed by atoms with van der Waals surface area (Å²) in [5.74, 6) is -0.478. The normalized spacial score (nSPS) is 10.6. The molecule has 1 aromatic carbocycles. The van der Waals surface area contributed by atoms with Crippen LogP contribution in [0.1, 0.15) is 5.69 Å². The van der Waals surface area contributed by atoms with Crippen molar-refractivity contribution in [3.8, 4) is 11.1 Å². The Balaban J connectivity index is 2.62. The summed E-state index contributed by atoms with van der Waals surface area (Å²) in [5.41, 5.74) is 1.49. The first-order valence-corrected chi connectivity index (χ1v) is 5.57. The number of hydrogen-bond acceptors (Lipinski definition) is 2. The van der Waals surface area contributed by atoms with E-state index in [1.165, 1.54) is 6.07 Å². The minimum atomic E-state index is -0.478. The van der Waals surface area contributed by atoms with Gasteiger partial charge in [0.25, 0.3) is 0 Å². The van der Waals surface area contributed by atoms with Gasteiger partial charge in [0.1, 0.15) is 5.82 Å². The molecule has 0 bridgehead atoms. The van der Waals surface area contributed by atoms with Crippen molar-refractivity contribution >= 4 is 23.2 Å². The largest absolute Gasteiger partial charge is 0.390 e. The van der Waals surface area contributed by atoms with Crippen LogP contribution in [0.5, 0.6) is 0 Å². The summed E-state index contributed by atoms with van der Waals surface area (Å²) in [6.45, 7) is -0.278. The van der Waals surface area contributed by atoms with Crippen LogP contribution in [0.25, 0.3) is 11.1 Å². The van der Waals surface area contributed by atoms with Gasteiger partial charge in [-0.1, -0.05) is 23.2 Å². The third-order valence-corrected chi connectivity index (χ3v) is 2.70. The Morgan fingerprint density at radius 1 is 1.12 bits per heavy atom. The van der Waals surface area contributed by atoms with Crippen LogP contribution in [0.15, 0.2) is 30.5 Å². The van der Waals surface area contributed by atoms with Crippen LogP contribution in [0.2, 0.25) is 10.0 Å². The van der Waals surface area contributed by atoms with E-state index in [4.69, 9.17) is 28.3 Å². The highest BCUT2D eigenvalue weighted by atomic mass is 35.5. The lowest BCUT2D eigenvalue weighted by atomic mass is 10.0. The summed E-state index contributed by atoms with van der Waals surface area (Å²) in [6.07, 6.45) is 1.06. The Labute approximate surface area is 108 Å². The number of benzene rings is 1. The molecular weight excluding hydrogens is 264 g/mol. The van der Waals surface area contributed by atoms with E-state index < -0.39 is 5.82 Å². The monoisotopic (exact) mass is 271 g/mol. The van der Waals surface area contributed by atoms with Crippen molar-refractivity contribution in [3.63, 3.8) is 0 Å². The Bertz CT molecular complexity index is 540. The van der Waals surface area contributed by atoms with Crippen LogP contribution in [0.3, 0.4) is 0 Å². The highest BCUT2D eigenvalue weighted by Gasteiger charge is 2.09. The zero-order valence-electron chi connectivity index (χ0n) is 8.62. The highest BCUT2D eigenvalue weighted by molar-refractivity contribution is 6.35. The zero-order valence-corrected chi connectivity index (χ0v) is 10.1. The van der Waals surface area contributed by atoms with Crippen LogP contribution in [-0.2, 0) is 6.61 Å². The van der Waals surface area contributed by atoms with Gasteiger partial charge in [0.05, 0.1) is 18.5 Å². The van der Waals surface area contributed by atoms with E-state index in [-0.39, 0.29) is 6.61 Å². The molecule has 0 radical (unpaired) electrons. The fourth-order valence-electron chi connectivity index (χ4n) is 1.55. The summed E-state index contributed by atoms with van der Waals surface area (Å²) in [7, 11) is 0. The van der Waals surface area contributed by atoms with Gasteiger partial charge in [-0.2, -0.15) is 0 Å². The van der Waals surface area contributed by atoms with E-state index in [0.717, 1.165) is 6.20 Å². The lowest BCUT2D eigenvalue weighted by Crippen LogP contribution is -1.95. The smallest absolute Gasteiger partial charge is 0.142 e. The molecule has 0 aliphatic heterocycles. The second-order valence-corrected chi connectivity index (χ2v) is 4.34. The van der Waals surface area contributed by atoms with Gasteiger partial charge in [-0.3, -0.25) is 4.98 Å². The molecule has 1 heterocycles. The standard InChI is InChI=1S/C12H8Cl2FNO/c13-8-1-7(2-9(14)3-8)11-4-10(15)5-16-12(11)6-17/h1-5,17H,6H2. The lowest BCUT2D eigenvalue weighted by molar-refractivity contribution is 0.277. The van der Waals surface area contributed by atoms with E-state index in [1.807, 2.05) is 0 Å². The number of aliphatic hydroxyl groups is 1. The topological polar surface area (TPSA) is 33.1 Å². The predicted octanol–water partition coefficient (Wildman–Crippen LogP) is 3.69.